The van der Waals surface area contributed by atoms with Crippen molar-refractivity contribution in [3.8, 4) is 0 Å². The molecule has 0 fully saturated rings. The smallest absolute Gasteiger partial charge is 0.408 e. The van der Waals surface area contributed by atoms with E-state index in [1.807, 2.05) is 0 Å². The SMILES string of the molecule is CN(C)C(=O)[C@H](CCCCN)NC(=O)C(=O)[C@H](CCCCN)NC(=O)[C@H](CCC(=O)O)NC(=O)OCc1ccccc1. The Morgan fingerprint density at radius 1 is 0.810 bits per heavy atom. The zero-order chi connectivity index (χ0) is 31.5. The monoisotopic (exact) mass is 592 g/mol. The van der Waals surface area contributed by atoms with E-state index in [9.17, 15) is 28.8 Å². The van der Waals surface area contributed by atoms with Gasteiger partial charge in [0.15, 0.2) is 0 Å². The number of carbonyl (C=O) groups is 6. The Labute approximate surface area is 245 Å². The van der Waals surface area contributed by atoms with Gasteiger partial charge in [-0.3, -0.25) is 24.0 Å². The highest BCUT2D eigenvalue weighted by molar-refractivity contribution is 6.38. The van der Waals surface area contributed by atoms with Gasteiger partial charge in [-0.1, -0.05) is 30.3 Å². The minimum Gasteiger partial charge on any atom is -0.481 e. The number of amides is 4. The molecule has 0 aromatic heterocycles. The third-order valence-electron chi connectivity index (χ3n) is 6.26. The van der Waals surface area contributed by atoms with Crippen LogP contribution in [0.3, 0.4) is 0 Å². The molecular weight excluding hydrogens is 548 g/mol. The number of Topliss-reactive ketones (excluding diaryl/α,β-unsaturated/α-hetero) is 1. The van der Waals surface area contributed by atoms with Crippen LogP contribution in [0.2, 0.25) is 0 Å². The first-order valence-electron chi connectivity index (χ1n) is 14.0. The fraction of sp³-hybridized carbons (Fsp3) is 0.571. The Bertz CT molecular complexity index is 1040. The van der Waals surface area contributed by atoms with Crippen molar-refractivity contribution in [3.05, 3.63) is 35.9 Å². The van der Waals surface area contributed by atoms with Gasteiger partial charge in [0, 0.05) is 20.5 Å². The van der Waals surface area contributed by atoms with Crippen LogP contribution in [0.15, 0.2) is 30.3 Å². The number of benzene rings is 1. The molecule has 0 unspecified atom stereocenters. The van der Waals surface area contributed by atoms with Crippen LogP contribution in [0, 0.1) is 0 Å². The van der Waals surface area contributed by atoms with Gasteiger partial charge in [0.05, 0.1) is 6.04 Å². The van der Waals surface area contributed by atoms with Crippen molar-refractivity contribution >= 4 is 35.6 Å². The summed E-state index contributed by atoms with van der Waals surface area (Å²) in [5.41, 5.74) is 11.8. The zero-order valence-corrected chi connectivity index (χ0v) is 24.3. The second kappa shape index (κ2) is 19.9. The number of aliphatic carboxylic acids is 1. The molecule has 0 heterocycles. The average molecular weight is 593 g/mol. The first kappa shape index (κ1) is 36.0. The molecule has 1 aromatic rings. The molecule has 0 saturated carbocycles. The van der Waals surface area contributed by atoms with Crippen LogP contribution in [0.5, 0.6) is 0 Å². The van der Waals surface area contributed by atoms with Crippen molar-refractivity contribution in [2.45, 2.75) is 76.1 Å². The normalized spacial score (nSPS) is 12.8. The molecule has 0 saturated heterocycles. The van der Waals surface area contributed by atoms with Crippen molar-refractivity contribution in [2.75, 3.05) is 27.2 Å². The third kappa shape index (κ3) is 14.0. The lowest BCUT2D eigenvalue weighted by molar-refractivity contribution is -0.143. The molecule has 4 amide bonds. The molecule has 3 atom stereocenters. The maximum atomic E-state index is 13.2. The summed E-state index contributed by atoms with van der Waals surface area (Å²) in [4.78, 5) is 76.8. The van der Waals surface area contributed by atoms with Crippen LogP contribution in [0.1, 0.15) is 56.9 Å². The van der Waals surface area contributed by atoms with E-state index in [1.54, 1.807) is 30.3 Å². The van der Waals surface area contributed by atoms with E-state index in [0.717, 1.165) is 0 Å². The fourth-order valence-electron chi connectivity index (χ4n) is 3.93. The van der Waals surface area contributed by atoms with Gasteiger partial charge in [-0.15, -0.1) is 0 Å². The summed E-state index contributed by atoms with van der Waals surface area (Å²) < 4.78 is 5.15. The van der Waals surface area contributed by atoms with Crippen molar-refractivity contribution < 1.29 is 38.6 Å². The van der Waals surface area contributed by atoms with E-state index in [-0.39, 0.29) is 25.9 Å². The summed E-state index contributed by atoms with van der Waals surface area (Å²) in [6, 6.07) is 5.15. The molecule has 14 nitrogen and oxygen atoms in total. The summed E-state index contributed by atoms with van der Waals surface area (Å²) >= 11 is 0. The molecule has 1 aromatic carbocycles. The highest BCUT2D eigenvalue weighted by Gasteiger charge is 2.32. The average Bonchev–Trinajstić information content (AvgIpc) is 2.96. The number of hydrogen-bond acceptors (Lipinski definition) is 9. The number of ether oxygens (including phenoxy) is 1. The largest absolute Gasteiger partial charge is 0.481 e. The predicted molar refractivity (Wildman–Crippen MR) is 154 cm³/mol. The molecule has 8 N–H and O–H groups in total. The molecule has 0 aliphatic rings. The van der Waals surface area contributed by atoms with Crippen LogP contribution in [-0.2, 0) is 35.3 Å². The highest BCUT2D eigenvalue weighted by atomic mass is 16.5. The molecule has 0 bridgehead atoms. The molecule has 0 radical (unpaired) electrons. The van der Waals surface area contributed by atoms with Gasteiger partial charge in [0.2, 0.25) is 17.6 Å². The van der Waals surface area contributed by atoms with E-state index in [4.69, 9.17) is 21.3 Å². The number of nitrogens with one attached hydrogen (secondary N) is 3. The van der Waals surface area contributed by atoms with E-state index in [2.05, 4.69) is 16.0 Å². The summed E-state index contributed by atoms with van der Waals surface area (Å²) in [6.45, 7) is 0.637. The number of rotatable bonds is 20. The van der Waals surface area contributed by atoms with Gasteiger partial charge in [0.1, 0.15) is 18.7 Å². The van der Waals surface area contributed by atoms with Crippen molar-refractivity contribution in [1.82, 2.24) is 20.9 Å². The number of carboxylic acid groups (broad SMARTS) is 1. The molecule has 234 valence electrons. The van der Waals surface area contributed by atoms with E-state index in [0.29, 0.717) is 44.3 Å². The Morgan fingerprint density at radius 2 is 1.40 bits per heavy atom. The Kier molecular flexibility index (Phi) is 17.1. The molecular formula is C28H44N6O8. The number of nitrogens with two attached hydrogens (primary N) is 2. The predicted octanol–water partition coefficient (Wildman–Crippen LogP) is 0.0311. The van der Waals surface area contributed by atoms with Gasteiger partial charge in [-0.2, -0.15) is 0 Å². The first-order chi connectivity index (χ1) is 20.0. The first-order valence-corrected chi connectivity index (χ1v) is 14.0. The number of hydrogen-bond donors (Lipinski definition) is 6. The Hall–Kier alpha value is -4.04. The zero-order valence-electron chi connectivity index (χ0n) is 24.3. The quantitative estimate of drug-likeness (QED) is 0.0880. The number of alkyl carbamates (subject to hydrolysis) is 1. The summed E-state index contributed by atoms with van der Waals surface area (Å²) in [7, 11) is 3.05. The Balaban J connectivity index is 3.02. The third-order valence-corrected chi connectivity index (χ3v) is 6.26. The van der Waals surface area contributed by atoms with Crippen LogP contribution in [-0.4, -0.2) is 90.9 Å². The molecule has 0 aliphatic heterocycles. The second-order valence-electron chi connectivity index (χ2n) is 9.94. The number of ketones is 1. The minimum absolute atomic E-state index is 0.0543. The molecule has 0 spiro atoms. The van der Waals surface area contributed by atoms with Gasteiger partial charge in [-0.05, 0) is 63.6 Å². The highest BCUT2D eigenvalue weighted by Crippen LogP contribution is 2.08. The van der Waals surface area contributed by atoms with Crippen molar-refractivity contribution in [3.63, 3.8) is 0 Å². The minimum atomic E-state index is -1.36. The fourth-order valence-corrected chi connectivity index (χ4v) is 3.93. The number of carboxylic acids is 1. The summed E-state index contributed by atoms with van der Waals surface area (Å²) in [6.07, 6.45) is 0.676. The van der Waals surface area contributed by atoms with Gasteiger partial charge >= 0.3 is 12.1 Å². The van der Waals surface area contributed by atoms with E-state index < -0.39 is 60.1 Å². The maximum Gasteiger partial charge on any atom is 0.408 e. The second-order valence-corrected chi connectivity index (χ2v) is 9.94. The van der Waals surface area contributed by atoms with Gasteiger partial charge < -0.3 is 42.2 Å². The lowest BCUT2D eigenvalue weighted by Crippen LogP contribution is -2.56. The van der Waals surface area contributed by atoms with Crippen LogP contribution >= 0.6 is 0 Å². The Morgan fingerprint density at radius 3 is 1.95 bits per heavy atom. The topological polar surface area (TPSA) is 223 Å². The van der Waals surface area contributed by atoms with Crippen LogP contribution in [0.25, 0.3) is 0 Å². The molecule has 0 aliphatic carbocycles. The van der Waals surface area contributed by atoms with Crippen LogP contribution in [0.4, 0.5) is 4.79 Å². The van der Waals surface area contributed by atoms with E-state index in [1.165, 1.54) is 19.0 Å². The van der Waals surface area contributed by atoms with Gasteiger partial charge in [0.25, 0.3) is 5.91 Å². The number of likely N-dealkylation sites (N-methyl/N-ethyl adjacent to an activating group) is 1. The van der Waals surface area contributed by atoms with Crippen molar-refractivity contribution in [2.24, 2.45) is 11.5 Å². The van der Waals surface area contributed by atoms with Crippen LogP contribution < -0.4 is 27.4 Å². The number of unbranched alkanes of at least 4 members (excludes halogenated alkanes) is 2. The van der Waals surface area contributed by atoms with Crippen molar-refractivity contribution in [1.29, 1.82) is 0 Å². The van der Waals surface area contributed by atoms with E-state index >= 15 is 0 Å². The number of nitrogens with zero attached hydrogens (tertiary/aromatic N) is 1. The standard InChI is InChI=1S/C28H44N6O8/c1-34(2)27(40)22(13-7-9-17-30)32-26(39)24(37)20(12-6-8-16-29)31-25(38)21(14-15-23(35)36)33-28(41)42-18-19-10-4-3-5-11-19/h3-5,10-11,20-22H,6-9,12-18,29-30H2,1-2H3,(H,31,38)(H,32,39)(H,33,41)(H,35,36)/t20-,21-,22-/m0/s1. The molecule has 14 heteroatoms. The number of carbonyl (C=O) groups excluding carboxylic acids is 5. The molecule has 1 rings (SSSR count). The van der Waals surface area contributed by atoms with Gasteiger partial charge in [-0.25, -0.2) is 4.79 Å². The summed E-state index contributed by atoms with van der Waals surface area (Å²) in [5, 5.41) is 16.4. The lowest BCUT2D eigenvalue weighted by Gasteiger charge is -2.24. The molecule has 42 heavy (non-hydrogen) atoms. The lowest BCUT2D eigenvalue weighted by atomic mass is 10.0. The maximum absolute atomic E-state index is 13.2. The summed E-state index contributed by atoms with van der Waals surface area (Å²) in [5.74, 6) is -4.51.